The molecule has 2 nitrogen and oxygen atoms in total. The molecule has 2 heteroatoms. The van der Waals surface area contributed by atoms with E-state index in [1.807, 2.05) is 0 Å². The summed E-state index contributed by atoms with van der Waals surface area (Å²) in [6.45, 7) is 25.5. The smallest absolute Gasteiger partial charge is 0.0743 e. The van der Waals surface area contributed by atoms with Crippen LogP contribution in [-0.4, -0.2) is 21.4 Å². The lowest BCUT2D eigenvalue weighted by atomic mass is 9.59. The highest BCUT2D eigenvalue weighted by Gasteiger charge is 2.50. The van der Waals surface area contributed by atoms with Crippen LogP contribution in [0, 0.1) is 21.7 Å². The van der Waals surface area contributed by atoms with Crippen molar-refractivity contribution in [3.05, 3.63) is 0 Å². The fourth-order valence-electron chi connectivity index (χ4n) is 4.51. The van der Waals surface area contributed by atoms with Crippen molar-refractivity contribution in [3.63, 3.8) is 0 Å². The number of hydrogen-bond acceptors (Lipinski definition) is 2. The average molecular weight is 343 g/mol. The molecule has 0 saturated heterocycles. The molecule has 24 heavy (non-hydrogen) atoms. The van der Waals surface area contributed by atoms with Crippen LogP contribution in [0.2, 0.25) is 0 Å². The molecule has 0 aliphatic heterocycles. The van der Waals surface area contributed by atoms with E-state index in [2.05, 4.69) is 83.1 Å². The SMILES string of the molecule is CC(C)(C)C(O)(CCCCC(O)(C(C)(C)C)C(C)(C)C)C(C)(C)C. The Morgan fingerprint density at radius 3 is 0.708 bits per heavy atom. The topological polar surface area (TPSA) is 40.5 Å². The minimum absolute atomic E-state index is 0.171. The maximum Gasteiger partial charge on any atom is 0.0743 e. The van der Waals surface area contributed by atoms with Gasteiger partial charge in [0.05, 0.1) is 11.2 Å². The first-order valence-corrected chi connectivity index (χ1v) is 9.65. The summed E-state index contributed by atoms with van der Waals surface area (Å²) in [4.78, 5) is 0. The number of unbranched alkanes of at least 4 members (excludes halogenated alkanes) is 1. The maximum atomic E-state index is 11.4. The highest BCUT2D eigenvalue weighted by atomic mass is 16.3. The van der Waals surface area contributed by atoms with Crippen molar-refractivity contribution in [2.75, 3.05) is 0 Å². The third-order valence-electron chi connectivity index (χ3n) is 6.29. The molecule has 0 amide bonds. The van der Waals surface area contributed by atoms with Gasteiger partial charge in [-0.2, -0.15) is 0 Å². The summed E-state index contributed by atoms with van der Waals surface area (Å²) in [5.74, 6) is 0. The van der Waals surface area contributed by atoms with Crippen molar-refractivity contribution in [1.82, 2.24) is 0 Å². The zero-order valence-electron chi connectivity index (χ0n) is 18.7. The molecule has 0 aromatic heterocycles. The lowest BCUT2D eigenvalue weighted by Gasteiger charge is -2.51. The van der Waals surface area contributed by atoms with Crippen LogP contribution < -0.4 is 0 Å². The highest BCUT2D eigenvalue weighted by molar-refractivity contribution is 5.01. The van der Waals surface area contributed by atoms with E-state index in [-0.39, 0.29) is 21.7 Å². The molecule has 0 aliphatic carbocycles. The van der Waals surface area contributed by atoms with Gasteiger partial charge in [0, 0.05) is 0 Å². The summed E-state index contributed by atoms with van der Waals surface area (Å²) in [6, 6.07) is 0. The summed E-state index contributed by atoms with van der Waals surface area (Å²) in [5.41, 5.74) is -2.13. The average Bonchev–Trinajstić information content (AvgIpc) is 2.28. The minimum Gasteiger partial charge on any atom is -0.389 e. The Labute approximate surface area is 152 Å². The third-order valence-corrected chi connectivity index (χ3v) is 6.29. The highest BCUT2D eigenvalue weighted by Crippen LogP contribution is 2.49. The van der Waals surface area contributed by atoms with E-state index >= 15 is 0 Å². The Morgan fingerprint density at radius 1 is 0.417 bits per heavy atom. The van der Waals surface area contributed by atoms with E-state index in [0.29, 0.717) is 0 Å². The fraction of sp³-hybridized carbons (Fsp3) is 1.00. The Kier molecular flexibility index (Phi) is 6.89. The van der Waals surface area contributed by atoms with Gasteiger partial charge >= 0.3 is 0 Å². The summed E-state index contributed by atoms with van der Waals surface area (Å²) < 4.78 is 0. The predicted molar refractivity (Wildman–Crippen MR) is 106 cm³/mol. The molecule has 0 rings (SSSR count). The lowest BCUT2D eigenvalue weighted by molar-refractivity contribution is -0.152. The van der Waals surface area contributed by atoms with Crippen LogP contribution in [-0.2, 0) is 0 Å². The van der Waals surface area contributed by atoms with Gasteiger partial charge in [-0.05, 0) is 34.5 Å². The lowest BCUT2D eigenvalue weighted by Crippen LogP contribution is -2.54. The van der Waals surface area contributed by atoms with Crippen molar-refractivity contribution in [2.45, 2.75) is 120 Å². The maximum absolute atomic E-state index is 11.4. The van der Waals surface area contributed by atoms with E-state index in [1.54, 1.807) is 0 Å². The van der Waals surface area contributed by atoms with Crippen LogP contribution >= 0.6 is 0 Å². The van der Waals surface area contributed by atoms with Gasteiger partial charge < -0.3 is 10.2 Å². The molecule has 0 unspecified atom stereocenters. The zero-order valence-corrected chi connectivity index (χ0v) is 18.7. The van der Waals surface area contributed by atoms with E-state index in [0.717, 1.165) is 25.7 Å². The Balaban J connectivity index is 5.11. The van der Waals surface area contributed by atoms with Crippen LogP contribution in [0.15, 0.2) is 0 Å². The summed E-state index contributed by atoms with van der Waals surface area (Å²) in [6.07, 6.45) is 3.40. The monoisotopic (exact) mass is 342 g/mol. The molecule has 0 aliphatic rings. The van der Waals surface area contributed by atoms with E-state index < -0.39 is 11.2 Å². The normalized spacial score (nSPS) is 15.8. The minimum atomic E-state index is -0.721. The van der Waals surface area contributed by atoms with Gasteiger partial charge in [0.2, 0.25) is 0 Å². The van der Waals surface area contributed by atoms with Crippen molar-refractivity contribution in [1.29, 1.82) is 0 Å². The molecule has 2 N–H and O–H groups in total. The quantitative estimate of drug-likeness (QED) is 0.584. The van der Waals surface area contributed by atoms with Gasteiger partial charge in [0.15, 0.2) is 0 Å². The van der Waals surface area contributed by atoms with Crippen molar-refractivity contribution >= 4 is 0 Å². The van der Waals surface area contributed by atoms with Gasteiger partial charge in [0.1, 0.15) is 0 Å². The van der Waals surface area contributed by atoms with Crippen LogP contribution in [0.3, 0.4) is 0 Å². The largest absolute Gasteiger partial charge is 0.389 e. The van der Waals surface area contributed by atoms with E-state index in [1.165, 1.54) is 0 Å². The predicted octanol–water partition coefficient (Wildman–Crippen LogP) is 6.19. The van der Waals surface area contributed by atoms with Gasteiger partial charge in [-0.1, -0.05) is 95.9 Å². The molecule has 0 bridgehead atoms. The summed E-state index contributed by atoms with van der Waals surface area (Å²) in [7, 11) is 0. The molecular formula is C22H46O2. The van der Waals surface area contributed by atoms with Crippen LogP contribution in [0.1, 0.15) is 109 Å². The van der Waals surface area contributed by atoms with E-state index in [4.69, 9.17) is 0 Å². The molecular weight excluding hydrogens is 296 g/mol. The van der Waals surface area contributed by atoms with E-state index in [9.17, 15) is 10.2 Å². The van der Waals surface area contributed by atoms with Crippen molar-refractivity contribution in [3.8, 4) is 0 Å². The number of aliphatic hydroxyl groups is 2. The van der Waals surface area contributed by atoms with Crippen LogP contribution in [0.4, 0.5) is 0 Å². The Hall–Kier alpha value is -0.0800. The Morgan fingerprint density at radius 2 is 0.583 bits per heavy atom. The molecule has 0 atom stereocenters. The molecule has 0 radical (unpaired) electrons. The fourth-order valence-corrected chi connectivity index (χ4v) is 4.51. The molecule has 0 aromatic rings. The second kappa shape index (κ2) is 6.91. The Bertz CT molecular complexity index is 326. The molecule has 0 heterocycles. The van der Waals surface area contributed by atoms with Crippen molar-refractivity contribution in [2.24, 2.45) is 21.7 Å². The third kappa shape index (κ3) is 4.75. The molecule has 0 spiro atoms. The molecule has 0 fully saturated rings. The molecule has 0 saturated carbocycles. The van der Waals surface area contributed by atoms with Crippen LogP contribution in [0.25, 0.3) is 0 Å². The second-order valence-electron chi connectivity index (χ2n) is 11.9. The zero-order chi connectivity index (χ0) is 19.8. The summed E-state index contributed by atoms with van der Waals surface area (Å²) >= 11 is 0. The summed E-state index contributed by atoms with van der Waals surface area (Å²) in [5, 5.41) is 22.7. The number of hydrogen-bond donors (Lipinski definition) is 2. The molecule has 146 valence electrons. The first kappa shape index (κ1) is 23.9. The first-order valence-electron chi connectivity index (χ1n) is 9.65. The molecule has 0 aromatic carbocycles. The van der Waals surface area contributed by atoms with Crippen molar-refractivity contribution < 1.29 is 10.2 Å². The standard InChI is InChI=1S/C22H46O2/c1-17(2,3)21(23,18(4,5)6)15-13-14-16-22(24,19(7,8)9)20(10,11)12/h23-24H,13-16H2,1-12H3. The van der Waals surface area contributed by atoms with Gasteiger partial charge in [-0.25, -0.2) is 0 Å². The second-order valence-corrected chi connectivity index (χ2v) is 11.9. The van der Waals surface area contributed by atoms with Crippen LogP contribution in [0.5, 0.6) is 0 Å². The van der Waals surface area contributed by atoms with Gasteiger partial charge in [0.25, 0.3) is 0 Å². The van der Waals surface area contributed by atoms with Gasteiger partial charge in [-0.15, -0.1) is 0 Å². The number of rotatable bonds is 5. The van der Waals surface area contributed by atoms with Gasteiger partial charge in [-0.3, -0.25) is 0 Å². The first-order chi connectivity index (χ1) is 10.2.